The minimum atomic E-state index is -0.888. The van der Waals surface area contributed by atoms with Crippen molar-refractivity contribution in [3.8, 4) is 0 Å². The molecule has 0 bridgehead atoms. The van der Waals surface area contributed by atoms with E-state index in [1.165, 1.54) is 0 Å². The number of aliphatic carboxylic acids is 1. The first-order valence-electron chi connectivity index (χ1n) is 7.84. The highest BCUT2D eigenvalue weighted by Gasteiger charge is 2.20. The fourth-order valence-corrected chi connectivity index (χ4v) is 3.06. The molecule has 0 aliphatic carbocycles. The second-order valence-electron chi connectivity index (χ2n) is 5.53. The number of para-hydroxylation sites is 1. The number of thioether (sulfide) groups is 1. The van der Waals surface area contributed by atoms with Gasteiger partial charge < -0.3 is 15.3 Å². The molecule has 1 aromatic heterocycles. The van der Waals surface area contributed by atoms with Crippen LogP contribution >= 0.6 is 11.8 Å². The Kier molecular flexibility index (Phi) is 5.14. The van der Waals surface area contributed by atoms with Gasteiger partial charge in [0, 0.05) is 18.8 Å². The number of hydrogen-bond donors (Lipinski definition) is 2. The molecule has 24 heavy (non-hydrogen) atoms. The second-order valence-corrected chi connectivity index (χ2v) is 6.83. The summed E-state index contributed by atoms with van der Waals surface area (Å²) in [5, 5.41) is 12.1. The Morgan fingerprint density at radius 2 is 1.92 bits per heavy atom. The van der Waals surface area contributed by atoms with Gasteiger partial charge in [-0.05, 0) is 31.9 Å². The molecular weight excluding hydrogens is 326 g/mol. The van der Waals surface area contributed by atoms with Crippen molar-refractivity contribution < 1.29 is 9.90 Å². The lowest BCUT2D eigenvalue weighted by molar-refractivity contribution is -0.136. The lowest BCUT2D eigenvalue weighted by atomic mass is 10.3. The van der Waals surface area contributed by atoms with Crippen LogP contribution in [-0.4, -0.2) is 44.4 Å². The standard InChI is InChI=1S/C16H19N5O2S/c1-11(13(22)23)24-16-19-14(17-12-7-3-2-4-8-12)18-15(20-16)21-9-5-6-10-21/h2-4,7-8,11H,5-6,9-10H2,1H3,(H,22,23)(H,17,18,19,20). The highest BCUT2D eigenvalue weighted by atomic mass is 32.2. The summed E-state index contributed by atoms with van der Waals surface area (Å²) in [7, 11) is 0. The lowest BCUT2D eigenvalue weighted by Crippen LogP contribution is -2.22. The molecule has 0 radical (unpaired) electrons. The van der Waals surface area contributed by atoms with Crippen LogP contribution in [0.2, 0.25) is 0 Å². The van der Waals surface area contributed by atoms with E-state index >= 15 is 0 Å². The van der Waals surface area contributed by atoms with Gasteiger partial charge in [0.2, 0.25) is 11.9 Å². The first-order valence-corrected chi connectivity index (χ1v) is 8.72. The zero-order valence-electron chi connectivity index (χ0n) is 13.3. The average molecular weight is 345 g/mol. The highest BCUT2D eigenvalue weighted by Crippen LogP contribution is 2.25. The van der Waals surface area contributed by atoms with Gasteiger partial charge in [0.1, 0.15) is 5.25 Å². The van der Waals surface area contributed by atoms with Gasteiger partial charge in [-0.25, -0.2) is 0 Å². The zero-order valence-corrected chi connectivity index (χ0v) is 14.2. The summed E-state index contributed by atoms with van der Waals surface area (Å²) in [5.41, 5.74) is 0.873. The monoisotopic (exact) mass is 345 g/mol. The van der Waals surface area contributed by atoms with Gasteiger partial charge in [-0.1, -0.05) is 30.0 Å². The number of benzene rings is 1. The quantitative estimate of drug-likeness (QED) is 0.772. The molecule has 1 fully saturated rings. The smallest absolute Gasteiger partial charge is 0.316 e. The van der Waals surface area contributed by atoms with Crippen LogP contribution in [0.1, 0.15) is 19.8 Å². The predicted octanol–water partition coefficient (Wildman–Crippen LogP) is 2.78. The molecule has 126 valence electrons. The Morgan fingerprint density at radius 1 is 1.21 bits per heavy atom. The van der Waals surface area contributed by atoms with Crippen molar-refractivity contribution in [2.45, 2.75) is 30.2 Å². The van der Waals surface area contributed by atoms with E-state index in [0.717, 1.165) is 43.4 Å². The molecule has 7 nitrogen and oxygen atoms in total. The molecule has 1 unspecified atom stereocenters. The van der Waals surface area contributed by atoms with Crippen LogP contribution in [0.25, 0.3) is 0 Å². The van der Waals surface area contributed by atoms with E-state index in [-0.39, 0.29) is 0 Å². The third-order valence-corrected chi connectivity index (χ3v) is 4.60. The number of rotatable bonds is 6. The number of nitrogens with zero attached hydrogens (tertiary/aromatic N) is 4. The number of anilines is 3. The van der Waals surface area contributed by atoms with Crippen molar-refractivity contribution in [1.29, 1.82) is 0 Å². The summed E-state index contributed by atoms with van der Waals surface area (Å²) in [6.07, 6.45) is 2.22. The first kappa shape index (κ1) is 16.5. The van der Waals surface area contributed by atoms with Gasteiger partial charge in [-0.3, -0.25) is 4.79 Å². The fraction of sp³-hybridized carbons (Fsp3) is 0.375. The molecule has 1 aliphatic rings. The van der Waals surface area contributed by atoms with Gasteiger partial charge in [0.15, 0.2) is 5.16 Å². The summed E-state index contributed by atoms with van der Waals surface area (Å²) in [6.45, 7) is 3.44. The molecule has 8 heteroatoms. The van der Waals surface area contributed by atoms with E-state index in [2.05, 4.69) is 25.2 Å². The van der Waals surface area contributed by atoms with Crippen LogP contribution in [0.4, 0.5) is 17.6 Å². The molecule has 2 heterocycles. The summed E-state index contributed by atoms with van der Waals surface area (Å²) in [4.78, 5) is 26.5. The molecule has 1 aromatic carbocycles. The average Bonchev–Trinajstić information content (AvgIpc) is 3.10. The SMILES string of the molecule is CC(Sc1nc(Nc2ccccc2)nc(N2CCCC2)n1)C(=O)O. The first-order chi connectivity index (χ1) is 11.6. The molecule has 0 saturated carbocycles. The van der Waals surface area contributed by atoms with Crippen LogP contribution in [-0.2, 0) is 4.79 Å². The Hall–Kier alpha value is -2.35. The Labute approximate surface area is 144 Å². The molecule has 2 N–H and O–H groups in total. The molecule has 1 saturated heterocycles. The lowest BCUT2D eigenvalue weighted by Gasteiger charge is -2.17. The summed E-state index contributed by atoms with van der Waals surface area (Å²) >= 11 is 1.12. The van der Waals surface area contributed by atoms with Crippen molar-refractivity contribution in [2.75, 3.05) is 23.3 Å². The van der Waals surface area contributed by atoms with E-state index < -0.39 is 11.2 Å². The van der Waals surface area contributed by atoms with Crippen molar-refractivity contribution >= 4 is 35.3 Å². The van der Waals surface area contributed by atoms with Gasteiger partial charge in [0.25, 0.3) is 0 Å². The zero-order chi connectivity index (χ0) is 16.9. The third kappa shape index (κ3) is 4.14. The van der Waals surface area contributed by atoms with Crippen molar-refractivity contribution in [3.05, 3.63) is 30.3 Å². The van der Waals surface area contributed by atoms with Crippen LogP contribution in [0.3, 0.4) is 0 Å². The number of carbonyl (C=O) groups is 1. The third-order valence-electron chi connectivity index (χ3n) is 3.65. The van der Waals surface area contributed by atoms with Crippen LogP contribution in [0.15, 0.2) is 35.5 Å². The molecule has 1 aliphatic heterocycles. The number of aromatic nitrogens is 3. The Morgan fingerprint density at radius 3 is 2.58 bits per heavy atom. The maximum absolute atomic E-state index is 11.1. The fourth-order valence-electron chi connectivity index (χ4n) is 2.37. The van der Waals surface area contributed by atoms with E-state index in [0.29, 0.717) is 17.1 Å². The topological polar surface area (TPSA) is 91.2 Å². The van der Waals surface area contributed by atoms with Crippen molar-refractivity contribution in [3.63, 3.8) is 0 Å². The maximum Gasteiger partial charge on any atom is 0.316 e. The van der Waals surface area contributed by atoms with Gasteiger partial charge >= 0.3 is 5.97 Å². The Bertz CT molecular complexity index is 707. The molecule has 0 amide bonds. The van der Waals surface area contributed by atoms with Gasteiger partial charge in [0.05, 0.1) is 0 Å². The highest BCUT2D eigenvalue weighted by molar-refractivity contribution is 8.00. The van der Waals surface area contributed by atoms with Gasteiger partial charge in [-0.15, -0.1) is 0 Å². The van der Waals surface area contributed by atoms with Gasteiger partial charge in [-0.2, -0.15) is 15.0 Å². The van der Waals surface area contributed by atoms with E-state index in [1.54, 1.807) is 6.92 Å². The Balaban J connectivity index is 1.88. The van der Waals surface area contributed by atoms with E-state index in [1.807, 2.05) is 30.3 Å². The molecule has 2 aromatic rings. The minimum Gasteiger partial charge on any atom is -0.480 e. The van der Waals surface area contributed by atoms with E-state index in [9.17, 15) is 4.79 Å². The van der Waals surface area contributed by atoms with Crippen molar-refractivity contribution in [1.82, 2.24) is 15.0 Å². The number of nitrogens with one attached hydrogen (secondary N) is 1. The summed E-state index contributed by atoms with van der Waals surface area (Å²) < 4.78 is 0. The van der Waals surface area contributed by atoms with E-state index in [4.69, 9.17) is 5.11 Å². The maximum atomic E-state index is 11.1. The minimum absolute atomic E-state index is 0.417. The number of carboxylic acid groups (broad SMARTS) is 1. The second kappa shape index (κ2) is 7.48. The summed E-state index contributed by atoms with van der Waals surface area (Å²) in [6, 6.07) is 9.63. The normalized spacial score (nSPS) is 15.3. The number of hydrogen-bond acceptors (Lipinski definition) is 7. The largest absolute Gasteiger partial charge is 0.480 e. The van der Waals surface area contributed by atoms with Crippen LogP contribution in [0, 0.1) is 0 Å². The molecule has 3 rings (SSSR count). The van der Waals surface area contributed by atoms with Crippen molar-refractivity contribution in [2.24, 2.45) is 0 Å². The van der Waals surface area contributed by atoms with Crippen LogP contribution < -0.4 is 10.2 Å². The molecule has 1 atom stereocenters. The summed E-state index contributed by atoms with van der Waals surface area (Å²) in [5.74, 6) is 0.139. The molecular formula is C16H19N5O2S. The number of carboxylic acids is 1. The van der Waals surface area contributed by atoms with Crippen LogP contribution in [0.5, 0.6) is 0 Å². The predicted molar refractivity (Wildman–Crippen MR) is 94.0 cm³/mol. The molecule has 0 spiro atoms.